The summed E-state index contributed by atoms with van der Waals surface area (Å²) in [4.78, 5) is 24.3. The van der Waals surface area contributed by atoms with E-state index in [0.29, 0.717) is 0 Å². The first-order valence-corrected chi connectivity index (χ1v) is 8.73. The van der Waals surface area contributed by atoms with E-state index in [1.54, 1.807) is 0 Å². The van der Waals surface area contributed by atoms with Crippen molar-refractivity contribution in [2.45, 2.75) is 44.1 Å². The molecule has 136 valence electrons. The fourth-order valence-corrected chi connectivity index (χ4v) is 4.06. The van der Waals surface area contributed by atoms with Crippen LogP contribution in [0, 0.1) is 11.2 Å². The normalized spacial score (nSPS) is 27.6. The predicted molar refractivity (Wildman–Crippen MR) is 89.9 cm³/mol. The number of amides is 1. The molecule has 5 nitrogen and oxygen atoms in total. The number of nitrogens with one attached hydrogen (secondary N) is 1. The first-order valence-electron chi connectivity index (χ1n) is 8.35. The van der Waals surface area contributed by atoms with Crippen LogP contribution in [0.4, 0.5) is 4.39 Å². The summed E-state index contributed by atoms with van der Waals surface area (Å²) in [6, 6.07) is 4.06. The Labute approximate surface area is 150 Å². The summed E-state index contributed by atoms with van der Waals surface area (Å²) in [5, 5.41) is 3.06. The Kier molecular flexibility index (Phi) is 4.91. The molecule has 0 aliphatic heterocycles. The Morgan fingerprint density at radius 2 is 1.84 bits per heavy atom. The molecule has 3 saturated carbocycles. The van der Waals surface area contributed by atoms with Crippen LogP contribution in [0.1, 0.15) is 38.5 Å². The van der Waals surface area contributed by atoms with Crippen LogP contribution in [0.15, 0.2) is 18.2 Å². The number of fused-ring (bicyclic) bond motifs is 3. The molecule has 0 spiro atoms. The number of ether oxygens (including phenoxy) is 2. The third-order valence-corrected chi connectivity index (χ3v) is 5.84. The molecule has 1 N–H and O–H groups in total. The van der Waals surface area contributed by atoms with E-state index >= 15 is 0 Å². The molecule has 2 bridgehead atoms. The van der Waals surface area contributed by atoms with Gasteiger partial charge in [0.1, 0.15) is 11.6 Å². The highest BCUT2D eigenvalue weighted by Crippen LogP contribution is 2.52. The molecule has 0 radical (unpaired) electrons. The van der Waals surface area contributed by atoms with Crippen LogP contribution < -0.4 is 10.1 Å². The summed E-state index contributed by atoms with van der Waals surface area (Å²) in [7, 11) is 1.42. The van der Waals surface area contributed by atoms with Crippen LogP contribution in [0.3, 0.4) is 0 Å². The van der Waals surface area contributed by atoms with Gasteiger partial charge in [-0.2, -0.15) is 0 Å². The summed E-state index contributed by atoms with van der Waals surface area (Å²) in [6.07, 6.45) is 4.44. The highest BCUT2D eigenvalue weighted by Gasteiger charge is 2.53. The second kappa shape index (κ2) is 6.83. The first-order chi connectivity index (χ1) is 11.9. The molecule has 0 heterocycles. The number of methoxy groups -OCH3 is 1. The second-order valence-electron chi connectivity index (χ2n) is 6.97. The molecule has 25 heavy (non-hydrogen) atoms. The zero-order chi connectivity index (χ0) is 18.1. The van der Waals surface area contributed by atoms with E-state index in [9.17, 15) is 14.0 Å². The predicted octanol–water partition coefficient (Wildman–Crippen LogP) is 3.24. The molecule has 1 aromatic rings. The summed E-state index contributed by atoms with van der Waals surface area (Å²) < 4.78 is 23.7. The molecule has 1 aromatic carbocycles. The fourth-order valence-electron chi connectivity index (χ4n) is 3.94. The van der Waals surface area contributed by atoms with Crippen molar-refractivity contribution in [2.24, 2.45) is 5.41 Å². The van der Waals surface area contributed by atoms with Crippen LogP contribution in [-0.2, 0) is 14.3 Å². The number of carbonyl (C=O) groups is 2. The average molecular weight is 370 g/mol. The molecule has 3 aliphatic rings. The van der Waals surface area contributed by atoms with Crippen LogP contribution in [-0.4, -0.2) is 31.1 Å². The van der Waals surface area contributed by atoms with Gasteiger partial charge in [-0.1, -0.05) is 11.6 Å². The van der Waals surface area contributed by atoms with Crippen LogP contribution in [0.25, 0.3) is 0 Å². The van der Waals surface area contributed by atoms with Crippen molar-refractivity contribution in [1.29, 1.82) is 0 Å². The van der Waals surface area contributed by atoms with Crippen molar-refractivity contribution in [3.8, 4) is 5.75 Å². The standard InChI is InChI=1S/C18H21ClFNO4/c1-24-16(23)17-4-7-18(8-5-17,9-6-17)21-15(22)11-25-12-2-3-13(19)14(20)10-12/h2-3,10H,4-9,11H2,1H3,(H,21,22). The molecule has 0 atom stereocenters. The van der Waals surface area contributed by atoms with Crippen molar-refractivity contribution in [2.75, 3.05) is 13.7 Å². The molecule has 0 unspecified atom stereocenters. The summed E-state index contributed by atoms with van der Waals surface area (Å²) >= 11 is 5.61. The van der Waals surface area contributed by atoms with Gasteiger partial charge < -0.3 is 14.8 Å². The number of carbonyl (C=O) groups excluding carboxylic acids is 2. The van der Waals surface area contributed by atoms with Gasteiger partial charge >= 0.3 is 5.97 Å². The largest absolute Gasteiger partial charge is 0.484 e. The fraction of sp³-hybridized carbons (Fsp3) is 0.556. The van der Waals surface area contributed by atoms with Gasteiger partial charge in [-0.25, -0.2) is 4.39 Å². The van der Waals surface area contributed by atoms with Gasteiger partial charge in [0, 0.05) is 11.6 Å². The van der Waals surface area contributed by atoms with Gasteiger partial charge in [0.05, 0.1) is 17.5 Å². The van der Waals surface area contributed by atoms with Gasteiger partial charge in [0.2, 0.25) is 0 Å². The quantitative estimate of drug-likeness (QED) is 0.809. The Balaban J connectivity index is 1.54. The number of hydrogen-bond acceptors (Lipinski definition) is 4. The van der Waals surface area contributed by atoms with E-state index in [1.165, 1.54) is 19.2 Å². The lowest BCUT2D eigenvalue weighted by Gasteiger charge is -2.51. The van der Waals surface area contributed by atoms with Gasteiger partial charge in [-0.05, 0) is 50.7 Å². The number of halogens is 2. The third kappa shape index (κ3) is 3.59. The first kappa shape index (κ1) is 18.0. The van der Waals surface area contributed by atoms with E-state index in [-0.39, 0.29) is 40.2 Å². The molecular formula is C18H21ClFNO4. The smallest absolute Gasteiger partial charge is 0.311 e. The van der Waals surface area contributed by atoms with E-state index in [1.807, 2.05) is 0 Å². The van der Waals surface area contributed by atoms with Gasteiger partial charge in [0.25, 0.3) is 5.91 Å². The Morgan fingerprint density at radius 3 is 2.40 bits per heavy atom. The molecule has 0 saturated heterocycles. The van der Waals surface area contributed by atoms with E-state index < -0.39 is 5.82 Å². The molecular weight excluding hydrogens is 349 g/mol. The monoisotopic (exact) mass is 369 g/mol. The highest BCUT2D eigenvalue weighted by molar-refractivity contribution is 6.30. The molecule has 1 amide bonds. The number of benzene rings is 1. The minimum atomic E-state index is -0.586. The highest BCUT2D eigenvalue weighted by atomic mass is 35.5. The van der Waals surface area contributed by atoms with Crippen molar-refractivity contribution in [3.63, 3.8) is 0 Å². The number of esters is 1. The second-order valence-corrected chi connectivity index (χ2v) is 7.37. The van der Waals surface area contributed by atoms with Crippen LogP contribution >= 0.6 is 11.6 Å². The van der Waals surface area contributed by atoms with E-state index in [2.05, 4.69) is 5.32 Å². The summed E-state index contributed by atoms with van der Waals surface area (Å²) in [5.74, 6) is -0.716. The minimum absolute atomic E-state index is 0.00851. The van der Waals surface area contributed by atoms with Crippen molar-refractivity contribution >= 4 is 23.5 Å². The maximum Gasteiger partial charge on any atom is 0.311 e. The zero-order valence-electron chi connectivity index (χ0n) is 14.1. The Morgan fingerprint density at radius 1 is 1.20 bits per heavy atom. The van der Waals surface area contributed by atoms with Crippen LogP contribution in [0.5, 0.6) is 5.75 Å². The molecule has 3 aliphatic carbocycles. The average Bonchev–Trinajstić information content (AvgIpc) is 2.63. The van der Waals surface area contributed by atoms with Crippen LogP contribution in [0.2, 0.25) is 5.02 Å². The van der Waals surface area contributed by atoms with Gasteiger partial charge in [-0.3, -0.25) is 9.59 Å². The topological polar surface area (TPSA) is 64.6 Å². The number of hydrogen-bond donors (Lipinski definition) is 1. The van der Waals surface area contributed by atoms with Gasteiger partial charge in [-0.15, -0.1) is 0 Å². The maximum absolute atomic E-state index is 13.4. The van der Waals surface area contributed by atoms with Gasteiger partial charge in [0.15, 0.2) is 6.61 Å². The third-order valence-electron chi connectivity index (χ3n) is 5.53. The SMILES string of the molecule is COC(=O)C12CCC(NC(=O)COc3ccc(Cl)c(F)c3)(CC1)CC2. The van der Waals surface area contributed by atoms with Crippen molar-refractivity contribution < 1.29 is 23.5 Å². The number of rotatable bonds is 5. The van der Waals surface area contributed by atoms with Crippen molar-refractivity contribution in [3.05, 3.63) is 29.0 Å². The minimum Gasteiger partial charge on any atom is -0.484 e. The lowest BCUT2D eigenvalue weighted by Crippen LogP contribution is -2.59. The molecule has 3 fully saturated rings. The lowest BCUT2D eigenvalue weighted by molar-refractivity contribution is -0.161. The summed E-state index contributed by atoms with van der Waals surface area (Å²) in [6.45, 7) is -0.190. The van der Waals surface area contributed by atoms with Crippen molar-refractivity contribution in [1.82, 2.24) is 5.32 Å². The lowest BCUT2D eigenvalue weighted by atomic mass is 9.57. The Hall–Kier alpha value is -1.82. The maximum atomic E-state index is 13.4. The Bertz CT molecular complexity index is 669. The van der Waals surface area contributed by atoms with E-state index in [0.717, 1.165) is 44.6 Å². The zero-order valence-corrected chi connectivity index (χ0v) is 14.8. The molecule has 4 rings (SSSR count). The molecule has 0 aromatic heterocycles. The van der Waals surface area contributed by atoms with E-state index in [4.69, 9.17) is 21.1 Å². The summed E-state index contributed by atoms with van der Waals surface area (Å²) in [5.41, 5.74) is -0.653. The molecule has 7 heteroatoms.